The summed E-state index contributed by atoms with van der Waals surface area (Å²) in [7, 11) is -3.58. The van der Waals surface area contributed by atoms with Crippen LogP contribution in [0.5, 0.6) is 0 Å². The molecule has 5 nitrogen and oxygen atoms in total. The number of nitrogens with zero attached hydrogens (tertiary/aromatic N) is 1. The maximum absolute atomic E-state index is 12.3. The first-order valence-corrected chi connectivity index (χ1v) is 8.27. The molecule has 0 saturated carbocycles. The van der Waals surface area contributed by atoms with Crippen LogP contribution in [0.25, 0.3) is 0 Å². The quantitative estimate of drug-likeness (QED) is 0.901. The molecule has 0 amide bonds. The molecule has 0 radical (unpaired) electrons. The maximum Gasteiger partial charge on any atom is 0.322 e. The standard InChI is InChI=1S/C12H14BrNO4S/c13-10-5-3-9(4-6-10)8-19(17,18)14-7-1-2-11(14)12(15)16/h3-6,11H,1-2,7-8H2,(H,15,16)/t11-/m1/s1. The number of aliphatic carboxylic acids is 1. The molecule has 1 aromatic rings. The Hall–Kier alpha value is -0.920. The van der Waals surface area contributed by atoms with Crippen molar-refractivity contribution in [3.8, 4) is 0 Å². The number of carboxylic acids is 1. The Morgan fingerprint density at radius 3 is 2.58 bits per heavy atom. The molecule has 0 bridgehead atoms. The summed E-state index contributed by atoms with van der Waals surface area (Å²) in [4.78, 5) is 11.0. The van der Waals surface area contributed by atoms with Gasteiger partial charge in [-0.15, -0.1) is 0 Å². The molecule has 1 fully saturated rings. The molecule has 0 spiro atoms. The van der Waals surface area contributed by atoms with E-state index in [0.29, 0.717) is 18.4 Å². The fourth-order valence-corrected chi connectivity index (χ4v) is 4.23. The molecule has 1 aliphatic rings. The Morgan fingerprint density at radius 2 is 2.00 bits per heavy atom. The van der Waals surface area contributed by atoms with E-state index in [1.807, 2.05) is 0 Å². The molecule has 1 aromatic carbocycles. The molecule has 0 aliphatic carbocycles. The van der Waals surface area contributed by atoms with Gasteiger partial charge in [-0.1, -0.05) is 28.1 Å². The van der Waals surface area contributed by atoms with Crippen LogP contribution in [0.1, 0.15) is 18.4 Å². The van der Waals surface area contributed by atoms with Gasteiger partial charge in [0.05, 0.1) is 5.75 Å². The SMILES string of the molecule is O=C(O)[C@H]1CCCN1S(=O)(=O)Cc1ccc(Br)cc1. The van der Waals surface area contributed by atoms with E-state index in [4.69, 9.17) is 5.11 Å². The summed E-state index contributed by atoms with van der Waals surface area (Å²) in [6.07, 6.45) is 0.978. The number of carboxylic acid groups (broad SMARTS) is 1. The zero-order valence-corrected chi connectivity index (χ0v) is 12.5. The van der Waals surface area contributed by atoms with Crippen LogP contribution in [0.3, 0.4) is 0 Å². The molecule has 1 atom stereocenters. The van der Waals surface area contributed by atoms with Gasteiger partial charge in [0.1, 0.15) is 6.04 Å². The Kier molecular flexibility index (Phi) is 4.27. The summed E-state index contributed by atoms with van der Waals surface area (Å²) in [5, 5.41) is 9.04. The van der Waals surface area contributed by atoms with E-state index in [1.165, 1.54) is 0 Å². The third-order valence-corrected chi connectivity index (χ3v) is 5.49. The number of rotatable bonds is 4. The van der Waals surface area contributed by atoms with Crippen molar-refractivity contribution in [1.82, 2.24) is 4.31 Å². The van der Waals surface area contributed by atoms with E-state index < -0.39 is 22.0 Å². The first kappa shape index (κ1) is 14.5. The van der Waals surface area contributed by atoms with Gasteiger partial charge in [-0.3, -0.25) is 4.79 Å². The average Bonchev–Trinajstić information content (AvgIpc) is 2.82. The lowest BCUT2D eigenvalue weighted by Gasteiger charge is -2.20. The monoisotopic (exact) mass is 347 g/mol. The first-order chi connectivity index (χ1) is 8.90. The van der Waals surface area contributed by atoms with Crippen LogP contribution >= 0.6 is 15.9 Å². The van der Waals surface area contributed by atoms with Crippen LogP contribution < -0.4 is 0 Å². The van der Waals surface area contributed by atoms with Crippen LogP contribution in [0.2, 0.25) is 0 Å². The normalized spacial score (nSPS) is 20.6. The van der Waals surface area contributed by atoms with E-state index in [2.05, 4.69) is 15.9 Å². The van der Waals surface area contributed by atoms with Gasteiger partial charge < -0.3 is 5.11 Å². The van der Waals surface area contributed by atoms with Crippen molar-refractivity contribution in [2.75, 3.05) is 6.54 Å². The Bertz CT molecular complexity index is 570. The van der Waals surface area contributed by atoms with Gasteiger partial charge in [0.15, 0.2) is 0 Å². The summed E-state index contributed by atoms with van der Waals surface area (Å²) in [5.41, 5.74) is 0.652. The van der Waals surface area contributed by atoms with Crippen molar-refractivity contribution in [3.05, 3.63) is 34.3 Å². The van der Waals surface area contributed by atoms with E-state index in [-0.39, 0.29) is 12.3 Å². The summed E-state index contributed by atoms with van der Waals surface area (Å²) in [6.45, 7) is 0.288. The van der Waals surface area contributed by atoms with Crippen molar-refractivity contribution in [1.29, 1.82) is 0 Å². The highest BCUT2D eigenvalue weighted by molar-refractivity contribution is 9.10. The second-order valence-electron chi connectivity index (χ2n) is 4.49. The summed E-state index contributed by atoms with van der Waals surface area (Å²) in [5.74, 6) is -1.23. The number of sulfonamides is 1. The molecule has 2 rings (SSSR count). The van der Waals surface area contributed by atoms with Gasteiger partial charge in [0.2, 0.25) is 10.0 Å². The van der Waals surface area contributed by atoms with Gasteiger partial charge >= 0.3 is 5.97 Å². The zero-order chi connectivity index (χ0) is 14.0. The number of benzene rings is 1. The molecule has 0 unspecified atom stereocenters. The maximum atomic E-state index is 12.3. The summed E-state index contributed by atoms with van der Waals surface area (Å²) < 4.78 is 26.5. The van der Waals surface area contributed by atoms with Crippen LogP contribution in [0.15, 0.2) is 28.7 Å². The van der Waals surface area contributed by atoms with E-state index in [1.54, 1.807) is 24.3 Å². The number of halogens is 1. The van der Waals surface area contributed by atoms with Crippen molar-refractivity contribution in [3.63, 3.8) is 0 Å². The fraction of sp³-hybridized carbons (Fsp3) is 0.417. The average molecular weight is 348 g/mol. The second-order valence-corrected chi connectivity index (χ2v) is 7.33. The van der Waals surface area contributed by atoms with Gasteiger partial charge in [-0.25, -0.2) is 8.42 Å². The Labute approximate surface area is 120 Å². The zero-order valence-electron chi connectivity index (χ0n) is 10.1. The lowest BCUT2D eigenvalue weighted by atomic mass is 10.2. The van der Waals surface area contributed by atoms with E-state index in [0.717, 1.165) is 8.78 Å². The number of hydrogen-bond donors (Lipinski definition) is 1. The highest BCUT2D eigenvalue weighted by Gasteiger charge is 2.38. The molecule has 1 N–H and O–H groups in total. The van der Waals surface area contributed by atoms with E-state index >= 15 is 0 Å². The van der Waals surface area contributed by atoms with Crippen LogP contribution in [0, 0.1) is 0 Å². The second kappa shape index (κ2) is 5.60. The lowest BCUT2D eigenvalue weighted by Crippen LogP contribution is -2.40. The predicted octanol–water partition coefficient (Wildman–Crippen LogP) is 1.83. The smallest absolute Gasteiger partial charge is 0.322 e. The van der Waals surface area contributed by atoms with E-state index in [9.17, 15) is 13.2 Å². The van der Waals surface area contributed by atoms with Gasteiger partial charge in [0.25, 0.3) is 0 Å². The largest absolute Gasteiger partial charge is 0.480 e. The highest BCUT2D eigenvalue weighted by Crippen LogP contribution is 2.24. The minimum absolute atomic E-state index is 0.163. The van der Waals surface area contributed by atoms with Crippen molar-refractivity contribution >= 4 is 31.9 Å². The third kappa shape index (κ3) is 3.34. The fourth-order valence-electron chi connectivity index (χ4n) is 2.19. The number of carbonyl (C=O) groups is 1. The minimum Gasteiger partial charge on any atom is -0.480 e. The van der Waals surface area contributed by atoms with Crippen LogP contribution in [-0.4, -0.2) is 36.4 Å². The first-order valence-electron chi connectivity index (χ1n) is 5.87. The molecule has 1 heterocycles. The molecular formula is C12H14BrNO4S. The minimum atomic E-state index is -3.58. The van der Waals surface area contributed by atoms with Gasteiger partial charge in [-0.2, -0.15) is 4.31 Å². The van der Waals surface area contributed by atoms with Crippen LogP contribution in [0.4, 0.5) is 0 Å². The van der Waals surface area contributed by atoms with Crippen molar-refractivity contribution in [2.24, 2.45) is 0 Å². The molecule has 1 aliphatic heterocycles. The Morgan fingerprint density at radius 1 is 1.37 bits per heavy atom. The van der Waals surface area contributed by atoms with Crippen LogP contribution in [-0.2, 0) is 20.6 Å². The lowest BCUT2D eigenvalue weighted by molar-refractivity contribution is -0.140. The molecule has 19 heavy (non-hydrogen) atoms. The van der Waals surface area contributed by atoms with Crippen molar-refractivity contribution in [2.45, 2.75) is 24.6 Å². The number of hydrogen-bond acceptors (Lipinski definition) is 3. The third-order valence-electron chi connectivity index (χ3n) is 3.11. The topological polar surface area (TPSA) is 74.7 Å². The molecule has 7 heteroatoms. The molecular weight excluding hydrogens is 334 g/mol. The van der Waals surface area contributed by atoms with Crippen molar-refractivity contribution < 1.29 is 18.3 Å². The molecule has 1 saturated heterocycles. The van der Waals surface area contributed by atoms with Gasteiger partial charge in [-0.05, 0) is 30.5 Å². The molecule has 0 aromatic heterocycles. The predicted molar refractivity (Wildman–Crippen MR) is 74.1 cm³/mol. The summed E-state index contributed by atoms with van der Waals surface area (Å²) in [6, 6.07) is 6.05. The highest BCUT2D eigenvalue weighted by atomic mass is 79.9. The summed E-state index contributed by atoms with van der Waals surface area (Å²) >= 11 is 3.28. The Balaban J connectivity index is 2.18. The molecule has 104 valence electrons. The van der Waals surface area contributed by atoms with Gasteiger partial charge in [0, 0.05) is 11.0 Å².